The van der Waals surface area contributed by atoms with Crippen molar-refractivity contribution in [1.29, 1.82) is 0 Å². The summed E-state index contributed by atoms with van der Waals surface area (Å²) in [5.74, 6) is 0.880. The molecule has 31 heavy (non-hydrogen) atoms. The molecule has 5 rings (SSSR count). The molecule has 1 unspecified atom stereocenters. The number of piperazine rings is 1. The van der Waals surface area contributed by atoms with E-state index >= 15 is 0 Å². The number of amides is 1. The van der Waals surface area contributed by atoms with E-state index in [2.05, 4.69) is 22.0 Å². The highest BCUT2D eigenvalue weighted by atomic mass is 32.1. The summed E-state index contributed by atoms with van der Waals surface area (Å²) >= 11 is 1.48. The van der Waals surface area contributed by atoms with E-state index in [1.807, 2.05) is 52.7 Å². The molecule has 4 aromatic rings. The fraction of sp³-hybridized carbons (Fsp3) is 0.292. The van der Waals surface area contributed by atoms with Crippen molar-refractivity contribution in [3.8, 4) is 5.75 Å². The Balaban J connectivity index is 1.17. The van der Waals surface area contributed by atoms with Gasteiger partial charge in [-0.25, -0.2) is 0 Å². The summed E-state index contributed by atoms with van der Waals surface area (Å²) in [4.78, 5) is 20.8. The molecule has 2 N–H and O–H groups in total. The van der Waals surface area contributed by atoms with Crippen LogP contribution in [0.4, 0.5) is 0 Å². The number of nitrogens with one attached hydrogen (secondary N) is 1. The number of H-pyrrole nitrogens is 1. The number of benzene rings is 2. The minimum Gasteiger partial charge on any atom is -0.490 e. The number of fused-ring (bicyclic) bond motifs is 3. The average Bonchev–Trinajstić information content (AvgIpc) is 3.46. The number of aliphatic hydroxyl groups excluding tert-OH is 1. The van der Waals surface area contributed by atoms with Crippen LogP contribution in [0.5, 0.6) is 5.75 Å². The predicted octanol–water partition coefficient (Wildman–Crippen LogP) is 3.58. The lowest BCUT2D eigenvalue weighted by Gasteiger charge is -2.35. The number of nitrogens with zero attached hydrogens (tertiary/aromatic N) is 2. The lowest BCUT2D eigenvalue weighted by atomic mass is 10.1. The van der Waals surface area contributed by atoms with Gasteiger partial charge in [-0.15, -0.1) is 11.3 Å². The lowest BCUT2D eigenvalue weighted by molar-refractivity contribution is 0.0408. The smallest absolute Gasteiger partial charge is 0.264 e. The van der Waals surface area contributed by atoms with Gasteiger partial charge in [-0.3, -0.25) is 9.69 Å². The van der Waals surface area contributed by atoms with Crippen LogP contribution in [-0.4, -0.2) is 71.2 Å². The number of ether oxygens (including phenoxy) is 1. The van der Waals surface area contributed by atoms with Gasteiger partial charge in [0, 0.05) is 49.0 Å². The molecule has 6 nitrogen and oxygen atoms in total. The molecule has 1 aliphatic rings. The molecule has 1 amide bonds. The maximum absolute atomic E-state index is 12.5. The van der Waals surface area contributed by atoms with Crippen molar-refractivity contribution in [1.82, 2.24) is 14.8 Å². The van der Waals surface area contributed by atoms with Crippen LogP contribution in [0.1, 0.15) is 9.67 Å². The molecule has 0 radical (unpaired) electrons. The Morgan fingerprint density at radius 2 is 1.84 bits per heavy atom. The highest BCUT2D eigenvalue weighted by molar-refractivity contribution is 7.12. The van der Waals surface area contributed by atoms with E-state index in [1.54, 1.807) is 0 Å². The van der Waals surface area contributed by atoms with Crippen LogP contribution >= 0.6 is 11.3 Å². The van der Waals surface area contributed by atoms with Gasteiger partial charge in [-0.05, 0) is 29.6 Å². The molecule has 1 atom stereocenters. The van der Waals surface area contributed by atoms with Gasteiger partial charge in [0.05, 0.1) is 10.4 Å². The summed E-state index contributed by atoms with van der Waals surface area (Å²) in [6.07, 6.45) is -0.597. The first-order chi connectivity index (χ1) is 15.2. The van der Waals surface area contributed by atoms with Gasteiger partial charge >= 0.3 is 0 Å². The lowest BCUT2D eigenvalue weighted by Crippen LogP contribution is -2.50. The third kappa shape index (κ3) is 4.17. The number of carbonyl (C=O) groups excluding carboxylic acids is 1. The van der Waals surface area contributed by atoms with Crippen molar-refractivity contribution >= 4 is 39.0 Å². The molecule has 160 valence electrons. The number of aromatic amines is 1. The Labute approximate surface area is 184 Å². The van der Waals surface area contributed by atoms with Crippen molar-refractivity contribution in [3.63, 3.8) is 0 Å². The van der Waals surface area contributed by atoms with E-state index < -0.39 is 6.10 Å². The summed E-state index contributed by atoms with van der Waals surface area (Å²) in [6.45, 7) is 3.63. The molecule has 0 bridgehead atoms. The largest absolute Gasteiger partial charge is 0.490 e. The Morgan fingerprint density at radius 1 is 1.03 bits per heavy atom. The van der Waals surface area contributed by atoms with Crippen LogP contribution in [0.2, 0.25) is 0 Å². The minimum absolute atomic E-state index is 0.102. The van der Waals surface area contributed by atoms with Gasteiger partial charge in [0.2, 0.25) is 0 Å². The number of para-hydroxylation sites is 1. The molecular weight excluding hydrogens is 410 g/mol. The van der Waals surface area contributed by atoms with Gasteiger partial charge in [0.25, 0.3) is 5.91 Å². The summed E-state index contributed by atoms with van der Waals surface area (Å²) in [7, 11) is 0. The normalized spacial score (nSPS) is 16.1. The van der Waals surface area contributed by atoms with Gasteiger partial charge in [0.15, 0.2) is 0 Å². The van der Waals surface area contributed by atoms with Crippen molar-refractivity contribution in [2.45, 2.75) is 6.10 Å². The monoisotopic (exact) mass is 435 g/mol. The average molecular weight is 436 g/mol. The second kappa shape index (κ2) is 8.70. The molecule has 0 spiro atoms. The number of aromatic nitrogens is 1. The molecule has 0 aliphatic carbocycles. The van der Waals surface area contributed by atoms with Crippen molar-refractivity contribution in [2.75, 3.05) is 39.3 Å². The second-order valence-electron chi connectivity index (χ2n) is 7.88. The first-order valence-electron chi connectivity index (χ1n) is 10.5. The first kappa shape index (κ1) is 20.1. The second-order valence-corrected chi connectivity index (χ2v) is 8.83. The summed E-state index contributed by atoms with van der Waals surface area (Å²) in [5, 5.41) is 14.7. The maximum Gasteiger partial charge on any atom is 0.264 e. The van der Waals surface area contributed by atoms with Gasteiger partial charge in [-0.1, -0.05) is 30.3 Å². The Bertz CT molecular complexity index is 1180. The van der Waals surface area contributed by atoms with Gasteiger partial charge in [0.1, 0.15) is 18.5 Å². The van der Waals surface area contributed by atoms with Crippen molar-refractivity contribution < 1.29 is 14.6 Å². The molecule has 3 heterocycles. The third-order valence-corrected chi connectivity index (χ3v) is 6.64. The van der Waals surface area contributed by atoms with Crippen LogP contribution < -0.4 is 4.74 Å². The van der Waals surface area contributed by atoms with E-state index in [4.69, 9.17) is 4.74 Å². The topological polar surface area (TPSA) is 68.8 Å². The van der Waals surface area contributed by atoms with E-state index in [1.165, 1.54) is 11.3 Å². The van der Waals surface area contributed by atoms with Crippen LogP contribution in [0, 0.1) is 0 Å². The molecule has 1 aliphatic heterocycles. The highest BCUT2D eigenvalue weighted by Crippen LogP contribution is 2.33. The predicted molar refractivity (Wildman–Crippen MR) is 124 cm³/mol. The first-order valence-corrected chi connectivity index (χ1v) is 11.4. The molecule has 7 heteroatoms. The Morgan fingerprint density at radius 3 is 2.65 bits per heavy atom. The number of aliphatic hydroxyl groups is 1. The number of thiophene rings is 1. The summed E-state index contributed by atoms with van der Waals surface area (Å²) in [5.41, 5.74) is 2.10. The quantitative estimate of drug-likeness (QED) is 0.486. The fourth-order valence-electron chi connectivity index (χ4n) is 4.21. The van der Waals surface area contributed by atoms with Crippen molar-refractivity contribution in [3.05, 3.63) is 64.9 Å². The molecule has 1 saturated heterocycles. The van der Waals surface area contributed by atoms with Gasteiger partial charge in [-0.2, -0.15) is 0 Å². The third-order valence-electron chi connectivity index (χ3n) is 5.78. The van der Waals surface area contributed by atoms with Gasteiger partial charge < -0.3 is 19.7 Å². The number of hydrogen-bond donors (Lipinski definition) is 2. The van der Waals surface area contributed by atoms with E-state index in [0.717, 1.165) is 45.5 Å². The van der Waals surface area contributed by atoms with E-state index in [9.17, 15) is 9.90 Å². The maximum atomic E-state index is 12.5. The minimum atomic E-state index is -0.597. The van der Waals surface area contributed by atoms with Crippen molar-refractivity contribution in [2.24, 2.45) is 0 Å². The Kier molecular flexibility index (Phi) is 5.63. The standard InChI is InChI=1S/C24H25N3O3S/c28-17(15-26-10-12-27(13-11-26)24(29)22-9-4-14-31-22)16-30-21-8-3-7-20-23(21)18-5-1-2-6-19(18)25-20/h1-9,14,17,25,28H,10-13,15-16H2. The number of β-amino-alcohol motifs (C(OH)–C–C–N with tert-alkyl or cyclic N) is 1. The molecule has 2 aromatic carbocycles. The number of carbonyl (C=O) groups is 1. The van der Waals surface area contributed by atoms with E-state index in [-0.39, 0.29) is 12.5 Å². The zero-order chi connectivity index (χ0) is 21.2. The van der Waals surface area contributed by atoms with Crippen LogP contribution in [0.3, 0.4) is 0 Å². The molecule has 0 saturated carbocycles. The molecule has 1 fully saturated rings. The zero-order valence-electron chi connectivity index (χ0n) is 17.2. The van der Waals surface area contributed by atoms with Crippen LogP contribution in [0.25, 0.3) is 21.8 Å². The fourth-order valence-corrected chi connectivity index (χ4v) is 4.91. The molecule has 2 aromatic heterocycles. The SMILES string of the molecule is O=C(c1cccs1)N1CCN(CC(O)COc2cccc3[nH]c4ccccc4c23)CC1. The zero-order valence-corrected chi connectivity index (χ0v) is 18.0. The number of rotatable bonds is 6. The highest BCUT2D eigenvalue weighted by Gasteiger charge is 2.24. The number of hydrogen-bond acceptors (Lipinski definition) is 5. The van der Waals surface area contributed by atoms with Crippen LogP contribution in [-0.2, 0) is 0 Å². The summed E-state index contributed by atoms with van der Waals surface area (Å²) in [6, 6.07) is 17.9. The van der Waals surface area contributed by atoms with Crippen LogP contribution in [0.15, 0.2) is 60.0 Å². The van der Waals surface area contributed by atoms with E-state index in [0.29, 0.717) is 19.6 Å². The Hall–Kier alpha value is -2.87. The molecular formula is C24H25N3O3S. The summed E-state index contributed by atoms with van der Waals surface area (Å²) < 4.78 is 6.04.